The maximum Gasteiger partial charge on any atom is 0.263 e. The fourth-order valence-electron chi connectivity index (χ4n) is 2.71. The van der Waals surface area contributed by atoms with Crippen molar-refractivity contribution in [2.75, 3.05) is 4.72 Å². The number of nitrogens with zero attached hydrogens (tertiary/aromatic N) is 2. The van der Waals surface area contributed by atoms with E-state index in [9.17, 15) is 8.42 Å². The van der Waals surface area contributed by atoms with Gasteiger partial charge in [0.1, 0.15) is 10.5 Å². The molecule has 0 spiro atoms. The van der Waals surface area contributed by atoms with Crippen molar-refractivity contribution in [3.63, 3.8) is 0 Å². The molecule has 0 aliphatic carbocycles. The first-order chi connectivity index (χ1) is 12.9. The van der Waals surface area contributed by atoms with Gasteiger partial charge in [0.25, 0.3) is 10.0 Å². The topological polar surface area (TPSA) is 63.5 Å². The van der Waals surface area contributed by atoms with Gasteiger partial charge in [0.2, 0.25) is 0 Å². The molecule has 1 N–H and O–H groups in total. The van der Waals surface area contributed by atoms with Crippen LogP contribution >= 0.6 is 23.2 Å². The van der Waals surface area contributed by atoms with Crippen molar-refractivity contribution in [1.29, 1.82) is 0 Å². The predicted octanol–water partition coefficient (Wildman–Crippen LogP) is 5.11. The van der Waals surface area contributed by atoms with E-state index in [4.69, 9.17) is 23.2 Å². The number of fused-ring (bicyclic) bond motifs is 1. The van der Waals surface area contributed by atoms with E-state index in [1.165, 1.54) is 18.2 Å². The minimum atomic E-state index is -3.88. The molecule has 5 nitrogen and oxygen atoms in total. The van der Waals surface area contributed by atoms with Crippen LogP contribution in [0.4, 0.5) is 5.69 Å². The van der Waals surface area contributed by atoms with Crippen LogP contribution in [0, 0.1) is 0 Å². The fraction of sp³-hybridized carbons (Fsp3) is 0. The molecule has 4 aromatic rings. The summed E-state index contributed by atoms with van der Waals surface area (Å²) in [6.45, 7) is 0. The monoisotopic (exact) mass is 417 g/mol. The molecule has 4 rings (SSSR count). The summed E-state index contributed by atoms with van der Waals surface area (Å²) in [7, 11) is -3.88. The van der Waals surface area contributed by atoms with Crippen LogP contribution in [0.5, 0.6) is 0 Å². The molecule has 0 saturated carbocycles. The van der Waals surface area contributed by atoms with Crippen LogP contribution < -0.4 is 4.72 Å². The van der Waals surface area contributed by atoms with E-state index in [0.717, 1.165) is 16.9 Å². The highest BCUT2D eigenvalue weighted by Crippen LogP contribution is 2.28. The van der Waals surface area contributed by atoms with Crippen LogP contribution in [0.25, 0.3) is 16.9 Å². The normalized spacial score (nSPS) is 11.6. The molecule has 2 aromatic heterocycles. The lowest BCUT2D eigenvalue weighted by Gasteiger charge is -2.10. The maximum atomic E-state index is 12.7. The molecule has 0 radical (unpaired) electrons. The van der Waals surface area contributed by atoms with Crippen LogP contribution in [-0.2, 0) is 10.0 Å². The maximum absolute atomic E-state index is 12.7. The zero-order valence-corrected chi connectivity index (χ0v) is 16.1. The second-order valence-corrected chi connectivity index (χ2v) is 8.35. The smallest absolute Gasteiger partial charge is 0.263 e. The summed E-state index contributed by atoms with van der Waals surface area (Å²) in [6.07, 6.45) is 3.79. The highest BCUT2D eigenvalue weighted by molar-refractivity contribution is 7.92. The van der Waals surface area contributed by atoms with E-state index < -0.39 is 10.0 Å². The van der Waals surface area contributed by atoms with E-state index in [1.807, 2.05) is 41.1 Å². The third-order valence-electron chi connectivity index (χ3n) is 3.96. The number of benzene rings is 2. The van der Waals surface area contributed by atoms with Crippen molar-refractivity contribution in [3.8, 4) is 11.3 Å². The third kappa shape index (κ3) is 3.64. The standard InChI is InChI=1S/C19H13Cl2N3O2S/c20-14-7-8-16(21)18(11-14)27(25,26)23-15-5-3-4-13(10-15)17-12-24-9-2-1-6-19(24)22-17/h1-12,23H. The zero-order valence-electron chi connectivity index (χ0n) is 13.8. The highest BCUT2D eigenvalue weighted by Gasteiger charge is 2.19. The quantitative estimate of drug-likeness (QED) is 0.501. The Bertz CT molecular complexity index is 1220. The van der Waals surface area contributed by atoms with Crippen molar-refractivity contribution in [2.24, 2.45) is 0 Å². The largest absolute Gasteiger partial charge is 0.306 e. The summed E-state index contributed by atoms with van der Waals surface area (Å²) < 4.78 is 29.8. The average Bonchev–Trinajstić information content (AvgIpc) is 3.08. The number of sulfonamides is 1. The lowest BCUT2D eigenvalue weighted by Crippen LogP contribution is -2.13. The molecule has 2 aromatic carbocycles. The van der Waals surface area contributed by atoms with Gasteiger partial charge in [-0.15, -0.1) is 0 Å². The Balaban J connectivity index is 1.69. The average molecular weight is 418 g/mol. The Morgan fingerprint density at radius 3 is 2.63 bits per heavy atom. The zero-order chi connectivity index (χ0) is 19.0. The molecule has 0 atom stereocenters. The molecule has 136 valence electrons. The highest BCUT2D eigenvalue weighted by atomic mass is 35.5. The Hall–Kier alpha value is -2.54. The number of anilines is 1. The summed E-state index contributed by atoms with van der Waals surface area (Å²) in [4.78, 5) is 4.48. The molecule has 0 amide bonds. The number of pyridine rings is 1. The minimum absolute atomic E-state index is 0.0743. The van der Waals surface area contributed by atoms with Crippen molar-refractivity contribution in [1.82, 2.24) is 9.38 Å². The number of aromatic nitrogens is 2. The summed E-state index contributed by atoms with van der Waals surface area (Å²) >= 11 is 11.9. The first-order valence-corrected chi connectivity index (χ1v) is 10.2. The molecule has 0 bridgehead atoms. The van der Waals surface area contributed by atoms with E-state index in [2.05, 4.69) is 9.71 Å². The van der Waals surface area contributed by atoms with Crippen LogP contribution in [0.1, 0.15) is 0 Å². The molecule has 0 aliphatic rings. The van der Waals surface area contributed by atoms with Crippen molar-refractivity contribution in [2.45, 2.75) is 4.90 Å². The van der Waals surface area contributed by atoms with E-state index in [1.54, 1.807) is 18.2 Å². The van der Waals surface area contributed by atoms with Crippen molar-refractivity contribution in [3.05, 3.63) is 83.1 Å². The number of halogens is 2. The van der Waals surface area contributed by atoms with E-state index >= 15 is 0 Å². The molecule has 8 heteroatoms. The third-order valence-corrected chi connectivity index (χ3v) is 6.06. The van der Waals surface area contributed by atoms with Gasteiger partial charge in [0.05, 0.1) is 10.7 Å². The second kappa shape index (κ2) is 6.88. The van der Waals surface area contributed by atoms with Crippen LogP contribution in [0.3, 0.4) is 0 Å². The Morgan fingerprint density at radius 1 is 0.963 bits per heavy atom. The summed E-state index contributed by atoms with van der Waals surface area (Å²) in [5.74, 6) is 0. The van der Waals surface area contributed by atoms with Gasteiger partial charge in [-0.25, -0.2) is 13.4 Å². The molecule has 0 unspecified atom stereocenters. The van der Waals surface area contributed by atoms with E-state index in [-0.39, 0.29) is 9.92 Å². The van der Waals surface area contributed by atoms with Gasteiger partial charge in [0.15, 0.2) is 0 Å². The number of rotatable bonds is 4. The summed E-state index contributed by atoms with van der Waals surface area (Å²) in [5, 5.41) is 0.390. The minimum Gasteiger partial charge on any atom is -0.306 e. The van der Waals surface area contributed by atoms with Gasteiger partial charge >= 0.3 is 0 Å². The summed E-state index contributed by atoms with van der Waals surface area (Å²) in [6, 6.07) is 17.0. The predicted molar refractivity (Wildman–Crippen MR) is 108 cm³/mol. The molecule has 0 fully saturated rings. The molecular formula is C19H13Cl2N3O2S. The molecular weight excluding hydrogens is 405 g/mol. The van der Waals surface area contributed by atoms with Crippen LogP contribution in [0.2, 0.25) is 10.0 Å². The lowest BCUT2D eigenvalue weighted by atomic mass is 10.1. The van der Waals surface area contributed by atoms with Crippen LogP contribution in [0.15, 0.2) is 78.0 Å². The molecule has 0 aliphatic heterocycles. The number of hydrogen-bond donors (Lipinski definition) is 1. The van der Waals surface area contributed by atoms with Gasteiger partial charge in [-0.3, -0.25) is 4.72 Å². The molecule has 0 saturated heterocycles. The Morgan fingerprint density at radius 2 is 1.81 bits per heavy atom. The van der Waals surface area contributed by atoms with Gasteiger partial charge in [-0.2, -0.15) is 0 Å². The fourth-order valence-corrected chi connectivity index (χ4v) is 4.52. The van der Waals surface area contributed by atoms with E-state index in [0.29, 0.717) is 10.7 Å². The first-order valence-electron chi connectivity index (χ1n) is 7.94. The van der Waals surface area contributed by atoms with Crippen molar-refractivity contribution >= 4 is 44.6 Å². The van der Waals surface area contributed by atoms with Gasteiger partial charge < -0.3 is 4.40 Å². The van der Waals surface area contributed by atoms with Crippen LogP contribution in [-0.4, -0.2) is 17.8 Å². The number of nitrogens with one attached hydrogen (secondary N) is 1. The molecule has 27 heavy (non-hydrogen) atoms. The lowest BCUT2D eigenvalue weighted by molar-refractivity contribution is 0.601. The van der Waals surface area contributed by atoms with Crippen molar-refractivity contribution < 1.29 is 8.42 Å². The van der Waals surface area contributed by atoms with Gasteiger partial charge in [-0.1, -0.05) is 41.4 Å². The first kappa shape index (κ1) is 17.9. The second-order valence-electron chi connectivity index (χ2n) is 5.85. The molecule has 2 heterocycles. The Kier molecular flexibility index (Phi) is 4.55. The number of hydrogen-bond acceptors (Lipinski definition) is 3. The number of imidazole rings is 1. The SMILES string of the molecule is O=S(=O)(Nc1cccc(-c2cn3ccccc3n2)c1)c1cc(Cl)ccc1Cl. The Labute approximate surface area is 166 Å². The summed E-state index contributed by atoms with van der Waals surface area (Å²) in [5.41, 5.74) is 2.74. The van der Waals surface area contributed by atoms with Gasteiger partial charge in [-0.05, 0) is 42.5 Å². The van der Waals surface area contributed by atoms with Gasteiger partial charge in [0, 0.05) is 28.7 Å².